The largest absolute Gasteiger partial charge is 0.404 e. The van der Waals surface area contributed by atoms with Gasteiger partial charge in [-0.15, -0.1) is 0 Å². The van der Waals surface area contributed by atoms with Crippen molar-refractivity contribution in [3.05, 3.63) is 99.6 Å². The lowest BCUT2D eigenvalue weighted by molar-refractivity contribution is -0.909. The van der Waals surface area contributed by atoms with E-state index in [1.165, 1.54) is 43.1 Å². The molecule has 4 aromatic rings. The molecule has 0 saturated heterocycles. The summed E-state index contributed by atoms with van der Waals surface area (Å²) in [5.74, 6) is -2.16. The lowest BCUT2D eigenvalue weighted by Crippen LogP contribution is -2.33. The van der Waals surface area contributed by atoms with E-state index in [0.717, 1.165) is 36.7 Å². The zero-order valence-electron chi connectivity index (χ0n) is 22.5. The molecule has 0 fully saturated rings. The maximum Gasteiger partial charge on any atom is 0.258 e. The molecule has 2 aromatic heterocycles. The van der Waals surface area contributed by atoms with Gasteiger partial charge in [-0.2, -0.15) is 0 Å². The highest BCUT2D eigenvalue weighted by atomic mass is 32.2. The fourth-order valence-corrected chi connectivity index (χ4v) is 5.29. The Kier molecular flexibility index (Phi) is 7.93. The quantitative estimate of drug-likeness (QED) is 0.170. The Hall–Kier alpha value is -4.65. The van der Waals surface area contributed by atoms with Gasteiger partial charge in [-0.3, -0.25) is 10.0 Å². The zero-order chi connectivity index (χ0) is 30.2. The number of allylic oxidation sites excluding steroid dienone is 1. The fourth-order valence-electron chi connectivity index (χ4n) is 4.44. The van der Waals surface area contributed by atoms with Crippen LogP contribution in [0.2, 0.25) is 0 Å². The number of sulfone groups is 1. The van der Waals surface area contributed by atoms with E-state index >= 15 is 0 Å². The van der Waals surface area contributed by atoms with Crippen molar-refractivity contribution in [2.75, 3.05) is 11.6 Å². The molecular formula is C28H27F3N5O4S+. The number of nitrogens with two attached hydrogens (primary N) is 1. The van der Waals surface area contributed by atoms with Crippen molar-refractivity contribution in [2.24, 2.45) is 17.8 Å². The van der Waals surface area contributed by atoms with Crippen LogP contribution in [0.5, 0.6) is 0 Å². The van der Waals surface area contributed by atoms with Gasteiger partial charge < -0.3 is 15.6 Å². The topological polar surface area (TPSA) is 131 Å². The van der Waals surface area contributed by atoms with Crippen molar-refractivity contribution in [2.45, 2.75) is 24.8 Å². The lowest BCUT2D eigenvalue weighted by Gasteiger charge is -2.21. The number of nitrogens with one attached hydrogen (secondary N) is 1. The number of aliphatic imine (C=N–C) groups is 1. The predicted molar refractivity (Wildman–Crippen MR) is 150 cm³/mol. The number of hydrogen-bond donors (Lipinski definition) is 3. The molecule has 0 saturated carbocycles. The molecule has 0 aliphatic heterocycles. The van der Waals surface area contributed by atoms with Crippen LogP contribution >= 0.6 is 0 Å². The molecule has 4 N–H and O–H groups in total. The lowest BCUT2D eigenvalue weighted by atomic mass is 9.98. The van der Waals surface area contributed by atoms with Crippen LogP contribution in [0.25, 0.3) is 16.3 Å². The van der Waals surface area contributed by atoms with Gasteiger partial charge in [-0.25, -0.2) is 26.6 Å². The second-order valence-electron chi connectivity index (χ2n) is 9.48. The molecule has 0 radical (unpaired) electrons. The van der Waals surface area contributed by atoms with Crippen LogP contribution in [-0.4, -0.2) is 30.7 Å². The van der Waals surface area contributed by atoms with E-state index < -0.39 is 38.9 Å². The maximum atomic E-state index is 14.7. The van der Waals surface area contributed by atoms with Gasteiger partial charge >= 0.3 is 0 Å². The highest BCUT2D eigenvalue weighted by Crippen LogP contribution is 2.31. The number of anilines is 1. The Morgan fingerprint density at radius 3 is 2.46 bits per heavy atom. The Labute approximate surface area is 233 Å². The number of fused-ring (bicyclic) bond motifs is 1. The molecule has 9 nitrogen and oxygen atoms in total. The second kappa shape index (κ2) is 11.1. The molecule has 13 heteroatoms. The van der Waals surface area contributed by atoms with Crippen LogP contribution < -0.4 is 21.3 Å². The number of aromatic nitrogens is 2. The maximum absolute atomic E-state index is 14.7. The molecule has 0 amide bonds. The molecular weight excluding hydrogens is 559 g/mol. The van der Waals surface area contributed by atoms with Crippen molar-refractivity contribution in [3.63, 3.8) is 0 Å². The summed E-state index contributed by atoms with van der Waals surface area (Å²) in [6, 6.07) is 7.52. The molecule has 2 aromatic carbocycles. The summed E-state index contributed by atoms with van der Waals surface area (Å²) in [6.45, 7) is 3.16. The minimum Gasteiger partial charge on any atom is -0.404 e. The monoisotopic (exact) mass is 586 g/mol. The first-order valence-corrected chi connectivity index (χ1v) is 14.1. The molecule has 0 aliphatic rings. The van der Waals surface area contributed by atoms with E-state index in [0.29, 0.717) is 21.4 Å². The molecule has 1 atom stereocenters. The number of nitrogens with zero attached hydrogens (tertiary/aromatic N) is 3. The van der Waals surface area contributed by atoms with E-state index in [1.54, 1.807) is 13.0 Å². The van der Waals surface area contributed by atoms with Crippen molar-refractivity contribution < 1.29 is 31.5 Å². The SMILES string of the molecule is Cc1c(N=C/C(=C\N)c2cc3c([C@@H](C)Nc4ccc(F)cc4S(C)(=O)=O)cc(F)cc3c(=O)n2C)cc(F)c[n+]1O. The standard InChI is InChI=1S/C28H26F3N5O4S/c1-15(34-24-6-5-18(29)10-27(24)41(4,39)40)21-7-19(30)8-23-22(21)11-26(35(3)28(23)37)17(12-32)13-33-25-9-20(31)14-36(38)16(25)2/h5-15,34H,1-4H3,(H2-,32,33,37,38)/p+1/t15-/m1/s1. The first-order valence-electron chi connectivity index (χ1n) is 12.2. The summed E-state index contributed by atoms with van der Waals surface area (Å²) in [4.78, 5) is 17.3. The van der Waals surface area contributed by atoms with Crippen LogP contribution in [0.4, 0.5) is 24.5 Å². The average molecular weight is 587 g/mol. The Morgan fingerprint density at radius 1 is 1.10 bits per heavy atom. The summed E-state index contributed by atoms with van der Waals surface area (Å²) >= 11 is 0. The van der Waals surface area contributed by atoms with E-state index in [-0.39, 0.29) is 32.9 Å². The van der Waals surface area contributed by atoms with E-state index in [1.807, 2.05) is 0 Å². The molecule has 0 bridgehead atoms. The van der Waals surface area contributed by atoms with Gasteiger partial charge in [0.2, 0.25) is 0 Å². The van der Waals surface area contributed by atoms with E-state index in [9.17, 15) is 31.6 Å². The van der Waals surface area contributed by atoms with Crippen molar-refractivity contribution in [1.29, 1.82) is 0 Å². The Balaban J connectivity index is 1.85. The van der Waals surface area contributed by atoms with Crippen LogP contribution in [0.3, 0.4) is 0 Å². The summed E-state index contributed by atoms with van der Waals surface area (Å²) < 4.78 is 68.8. The van der Waals surface area contributed by atoms with Gasteiger partial charge in [0.05, 0.1) is 21.7 Å². The van der Waals surface area contributed by atoms with Crippen LogP contribution in [0, 0.1) is 24.4 Å². The highest BCUT2D eigenvalue weighted by molar-refractivity contribution is 7.90. The van der Waals surface area contributed by atoms with Gasteiger partial charge in [-0.05, 0) is 54.3 Å². The van der Waals surface area contributed by atoms with Crippen molar-refractivity contribution in [3.8, 4) is 0 Å². The number of pyridine rings is 2. The van der Waals surface area contributed by atoms with Gasteiger partial charge in [0.1, 0.15) is 17.3 Å². The van der Waals surface area contributed by atoms with Gasteiger partial charge in [0.25, 0.3) is 17.5 Å². The van der Waals surface area contributed by atoms with Crippen molar-refractivity contribution >= 4 is 43.8 Å². The van der Waals surface area contributed by atoms with Gasteiger partial charge in [-0.1, -0.05) is 0 Å². The number of benzene rings is 2. The van der Waals surface area contributed by atoms with E-state index in [2.05, 4.69) is 10.3 Å². The summed E-state index contributed by atoms with van der Waals surface area (Å²) in [7, 11) is -2.35. The number of hydrogen-bond acceptors (Lipinski definition) is 7. The summed E-state index contributed by atoms with van der Waals surface area (Å²) in [6.07, 6.45) is 4.30. The first kappa shape index (κ1) is 29.3. The molecule has 0 aliphatic carbocycles. The summed E-state index contributed by atoms with van der Waals surface area (Å²) in [5.41, 5.74) is 6.64. The highest BCUT2D eigenvalue weighted by Gasteiger charge is 2.21. The molecule has 41 heavy (non-hydrogen) atoms. The number of halogens is 3. The third kappa shape index (κ3) is 5.94. The average Bonchev–Trinajstić information content (AvgIpc) is 2.90. The molecule has 4 rings (SSSR count). The minimum absolute atomic E-state index is 0.0537. The molecule has 0 spiro atoms. The molecule has 0 unspecified atom stereocenters. The first-order chi connectivity index (χ1) is 19.2. The van der Waals surface area contributed by atoms with Gasteiger partial charge in [0.15, 0.2) is 15.7 Å². The molecule has 214 valence electrons. The smallest absolute Gasteiger partial charge is 0.258 e. The van der Waals surface area contributed by atoms with Crippen LogP contribution in [-0.2, 0) is 16.9 Å². The van der Waals surface area contributed by atoms with Crippen LogP contribution in [0.15, 0.2) is 69.5 Å². The van der Waals surface area contributed by atoms with Crippen LogP contribution in [0.1, 0.15) is 29.9 Å². The predicted octanol–water partition coefficient (Wildman–Crippen LogP) is 4.07. The van der Waals surface area contributed by atoms with Crippen molar-refractivity contribution in [1.82, 2.24) is 4.57 Å². The second-order valence-corrected chi connectivity index (χ2v) is 11.5. The Bertz CT molecular complexity index is 1920. The fraction of sp³-hybridized carbons (Fsp3) is 0.179. The minimum atomic E-state index is -3.81. The Morgan fingerprint density at radius 2 is 1.80 bits per heavy atom. The third-order valence-corrected chi connectivity index (χ3v) is 7.73. The third-order valence-electron chi connectivity index (χ3n) is 6.59. The zero-order valence-corrected chi connectivity index (χ0v) is 23.3. The number of rotatable bonds is 7. The van der Waals surface area contributed by atoms with E-state index in [4.69, 9.17) is 5.73 Å². The van der Waals surface area contributed by atoms with Gasteiger partial charge in [0, 0.05) is 55.1 Å². The molecule has 2 heterocycles. The summed E-state index contributed by atoms with van der Waals surface area (Å²) in [5, 5.41) is 13.2. The normalized spacial score (nSPS) is 13.2.